The smallest absolute Gasteiger partial charge is 0.321 e. The normalized spacial score (nSPS) is 14.0. The van der Waals surface area contributed by atoms with Crippen LogP contribution in [0.3, 0.4) is 0 Å². The van der Waals surface area contributed by atoms with E-state index in [0.29, 0.717) is 25.5 Å². The summed E-state index contributed by atoms with van der Waals surface area (Å²) in [5.41, 5.74) is 2.77. The third-order valence-corrected chi connectivity index (χ3v) is 4.85. The lowest BCUT2D eigenvalue weighted by atomic mass is 10.1. The van der Waals surface area contributed by atoms with Crippen molar-refractivity contribution in [3.63, 3.8) is 0 Å². The fourth-order valence-corrected chi connectivity index (χ4v) is 3.31. The van der Waals surface area contributed by atoms with Crippen LogP contribution in [0.15, 0.2) is 53.5 Å². The number of rotatable bonds is 6. The summed E-state index contributed by atoms with van der Waals surface area (Å²) in [6.45, 7) is 2.87. The van der Waals surface area contributed by atoms with E-state index in [1.165, 1.54) is 6.07 Å². The highest BCUT2D eigenvalue weighted by molar-refractivity contribution is 5.89. The summed E-state index contributed by atoms with van der Waals surface area (Å²) in [6.07, 6.45) is 2.85. The largest absolute Gasteiger partial charge is 0.356 e. The molecule has 1 saturated heterocycles. The lowest BCUT2D eigenvalue weighted by Crippen LogP contribution is -2.37. The van der Waals surface area contributed by atoms with Crippen LogP contribution in [-0.2, 0) is 13.0 Å². The number of amides is 2. The third kappa shape index (κ3) is 6.48. The zero-order valence-electron chi connectivity index (χ0n) is 16.7. The SMILES string of the molecule is CN=C(NCCc1cccc(F)c1)NCc1cccc(NC(=O)N2CCCC2)c1. The van der Waals surface area contributed by atoms with E-state index in [9.17, 15) is 9.18 Å². The van der Waals surface area contributed by atoms with Gasteiger partial charge in [-0.2, -0.15) is 0 Å². The summed E-state index contributed by atoms with van der Waals surface area (Å²) in [4.78, 5) is 18.3. The van der Waals surface area contributed by atoms with Gasteiger partial charge in [0.2, 0.25) is 0 Å². The van der Waals surface area contributed by atoms with E-state index < -0.39 is 0 Å². The van der Waals surface area contributed by atoms with Crippen LogP contribution in [-0.4, -0.2) is 43.6 Å². The second-order valence-corrected chi connectivity index (χ2v) is 7.06. The number of carbonyl (C=O) groups excluding carboxylic acids is 1. The Morgan fingerprint density at radius 3 is 2.59 bits per heavy atom. The van der Waals surface area contributed by atoms with Gasteiger partial charge in [0.1, 0.15) is 5.82 Å². The summed E-state index contributed by atoms with van der Waals surface area (Å²) in [7, 11) is 1.71. The Labute approximate surface area is 171 Å². The molecule has 0 radical (unpaired) electrons. The molecule has 3 rings (SSSR count). The molecule has 0 aliphatic carbocycles. The second-order valence-electron chi connectivity index (χ2n) is 7.06. The molecule has 154 valence electrons. The summed E-state index contributed by atoms with van der Waals surface area (Å²) < 4.78 is 13.2. The molecule has 1 aliphatic heterocycles. The lowest BCUT2D eigenvalue weighted by Gasteiger charge is -2.17. The molecule has 3 N–H and O–H groups in total. The van der Waals surface area contributed by atoms with Gasteiger partial charge < -0.3 is 20.9 Å². The van der Waals surface area contributed by atoms with Crippen molar-refractivity contribution in [2.45, 2.75) is 25.8 Å². The number of likely N-dealkylation sites (tertiary alicyclic amines) is 1. The molecule has 0 atom stereocenters. The van der Waals surface area contributed by atoms with E-state index in [-0.39, 0.29) is 11.8 Å². The summed E-state index contributed by atoms with van der Waals surface area (Å²) in [5, 5.41) is 9.46. The Bertz CT molecular complexity index is 849. The molecule has 0 bridgehead atoms. The van der Waals surface area contributed by atoms with Crippen LogP contribution in [0.25, 0.3) is 0 Å². The molecular weight excluding hydrogens is 369 g/mol. The highest BCUT2D eigenvalue weighted by Crippen LogP contribution is 2.14. The van der Waals surface area contributed by atoms with Crippen molar-refractivity contribution in [2.75, 3.05) is 32.0 Å². The van der Waals surface area contributed by atoms with Crippen molar-refractivity contribution in [2.24, 2.45) is 4.99 Å². The van der Waals surface area contributed by atoms with Gasteiger partial charge in [0.15, 0.2) is 5.96 Å². The molecular formula is C22H28FN5O. The van der Waals surface area contributed by atoms with Crippen LogP contribution in [0, 0.1) is 5.82 Å². The van der Waals surface area contributed by atoms with E-state index in [1.807, 2.05) is 35.2 Å². The van der Waals surface area contributed by atoms with Gasteiger partial charge in [-0.25, -0.2) is 9.18 Å². The van der Waals surface area contributed by atoms with E-state index in [2.05, 4.69) is 20.9 Å². The van der Waals surface area contributed by atoms with Gasteiger partial charge in [-0.05, 0) is 54.7 Å². The van der Waals surface area contributed by atoms with Gasteiger partial charge in [-0.3, -0.25) is 4.99 Å². The van der Waals surface area contributed by atoms with Gasteiger partial charge in [0.25, 0.3) is 0 Å². The highest BCUT2D eigenvalue weighted by atomic mass is 19.1. The Hall–Kier alpha value is -3.09. The van der Waals surface area contributed by atoms with E-state index in [0.717, 1.165) is 42.7 Å². The number of carbonyl (C=O) groups is 1. The van der Waals surface area contributed by atoms with Gasteiger partial charge in [0, 0.05) is 38.9 Å². The van der Waals surface area contributed by atoms with Crippen LogP contribution in [0.5, 0.6) is 0 Å². The molecule has 0 saturated carbocycles. The third-order valence-electron chi connectivity index (χ3n) is 4.85. The first-order valence-electron chi connectivity index (χ1n) is 9.98. The summed E-state index contributed by atoms with van der Waals surface area (Å²) in [5.74, 6) is 0.453. The molecule has 2 aromatic rings. The van der Waals surface area contributed by atoms with Crippen molar-refractivity contribution < 1.29 is 9.18 Å². The minimum absolute atomic E-state index is 0.0394. The number of anilines is 1. The first kappa shape index (κ1) is 20.6. The molecule has 0 unspecified atom stereocenters. The topological polar surface area (TPSA) is 68.8 Å². The minimum atomic E-state index is -0.221. The van der Waals surface area contributed by atoms with Gasteiger partial charge in [-0.1, -0.05) is 24.3 Å². The Kier molecular flexibility index (Phi) is 7.44. The molecule has 2 aromatic carbocycles. The Morgan fingerprint density at radius 2 is 1.83 bits per heavy atom. The number of aliphatic imine (C=N–C) groups is 1. The molecule has 6 nitrogen and oxygen atoms in total. The average Bonchev–Trinajstić information content (AvgIpc) is 3.26. The molecule has 2 amide bonds. The first-order valence-corrected chi connectivity index (χ1v) is 9.98. The minimum Gasteiger partial charge on any atom is -0.356 e. The summed E-state index contributed by atoms with van der Waals surface area (Å²) >= 11 is 0. The number of guanidine groups is 1. The number of hydrogen-bond donors (Lipinski definition) is 3. The standard InChI is InChI=1S/C22H28FN5O/c1-24-21(25-11-10-17-6-4-8-19(23)14-17)26-16-18-7-5-9-20(15-18)27-22(29)28-12-2-3-13-28/h4-9,14-15H,2-3,10-13,16H2,1H3,(H,27,29)(H2,24,25,26). The van der Waals surface area contributed by atoms with E-state index in [4.69, 9.17) is 0 Å². The number of hydrogen-bond acceptors (Lipinski definition) is 2. The number of nitrogens with one attached hydrogen (secondary N) is 3. The van der Waals surface area contributed by atoms with Crippen molar-refractivity contribution in [3.8, 4) is 0 Å². The molecule has 7 heteroatoms. The predicted octanol–water partition coefficient (Wildman–Crippen LogP) is 3.36. The van der Waals surface area contributed by atoms with Crippen LogP contribution >= 0.6 is 0 Å². The molecule has 1 fully saturated rings. The van der Waals surface area contributed by atoms with Crippen molar-refractivity contribution in [1.82, 2.24) is 15.5 Å². The van der Waals surface area contributed by atoms with Crippen molar-refractivity contribution in [1.29, 1.82) is 0 Å². The Morgan fingerprint density at radius 1 is 1.07 bits per heavy atom. The van der Waals surface area contributed by atoms with E-state index >= 15 is 0 Å². The zero-order valence-corrected chi connectivity index (χ0v) is 16.7. The predicted molar refractivity (Wildman–Crippen MR) is 115 cm³/mol. The van der Waals surface area contributed by atoms with Gasteiger partial charge in [0.05, 0.1) is 0 Å². The average molecular weight is 397 g/mol. The second kappa shape index (κ2) is 10.5. The maximum absolute atomic E-state index is 13.2. The fourth-order valence-electron chi connectivity index (χ4n) is 3.31. The van der Waals surface area contributed by atoms with E-state index in [1.54, 1.807) is 19.2 Å². The van der Waals surface area contributed by atoms with Gasteiger partial charge >= 0.3 is 6.03 Å². The van der Waals surface area contributed by atoms with Crippen molar-refractivity contribution >= 4 is 17.7 Å². The number of halogens is 1. The molecule has 29 heavy (non-hydrogen) atoms. The van der Waals surface area contributed by atoms with Crippen LogP contribution in [0.1, 0.15) is 24.0 Å². The van der Waals surface area contributed by atoms with Crippen molar-refractivity contribution in [3.05, 3.63) is 65.5 Å². The molecule has 0 aromatic heterocycles. The Balaban J connectivity index is 1.45. The van der Waals surface area contributed by atoms with Crippen LogP contribution in [0.4, 0.5) is 14.9 Å². The number of nitrogens with zero attached hydrogens (tertiary/aromatic N) is 2. The first-order chi connectivity index (χ1) is 14.1. The maximum atomic E-state index is 13.2. The fraction of sp³-hybridized carbons (Fsp3) is 0.364. The molecule has 1 aliphatic rings. The quantitative estimate of drug-likeness (QED) is 0.517. The lowest BCUT2D eigenvalue weighted by molar-refractivity contribution is 0.222. The molecule has 0 spiro atoms. The van der Waals surface area contributed by atoms with Crippen LogP contribution in [0.2, 0.25) is 0 Å². The molecule has 1 heterocycles. The number of urea groups is 1. The zero-order chi connectivity index (χ0) is 20.5. The highest BCUT2D eigenvalue weighted by Gasteiger charge is 2.17. The van der Waals surface area contributed by atoms with Gasteiger partial charge in [-0.15, -0.1) is 0 Å². The number of benzene rings is 2. The maximum Gasteiger partial charge on any atom is 0.321 e. The summed E-state index contributed by atoms with van der Waals surface area (Å²) in [6, 6.07) is 14.3. The van der Waals surface area contributed by atoms with Crippen LogP contribution < -0.4 is 16.0 Å². The monoisotopic (exact) mass is 397 g/mol.